The van der Waals surface area contributed by atoms with Crippen LogP contribution in [0, 0.1) is 12.0 Å². The minimum absolute atomic E-state index is 0. The van der Waals surface area contributed by atoms with Crippen LogP contribution in [0.4, 0.5) is 0 Å². The van der Waals surface area contributed by atoms with Crippen LogP contribution >= 0.6 is 15.9 Å². The summed E-state index contributed by atoms with van der Waals surface area (Å²) < 4.78 is 0. The zero-order valence-electron chi connectivity index (χ0n) is 9.31. The molecule has 0 N–H and O–H groups in total. The summed E-state index contributed by atoms with van der Waals surface area (Å²) in [6.07, 6.45) is 11.8. The molecule has 0 aliphatic heterocycles. The minimum Gasteiger partial charge on any atom is -0.323 e. The summed E-state index contributed by atoms with van der Waals surface area (Å²) in [6.45, 7) is 9.68. The third kappa shape index (κ3) is 39.0. The fourth-order valence-corrected chi connectivity index (χ4v) is 0.340. The van der Waals surface area contributed by atoms with Crippen LogP contribution < -0.4 is 0 Å². The zero-order valence-corrected chi connectivity index (χ0v) is 14.5. The molecule has 1 rings (SSSR count). The summed E-state index contributed by atoms with van der Waals surface area (Å²) in [5.74, 6) is 1.42. The average molecular weight is 422 g/mol. The van der Waals surface area contributed by atoms with Crippen molar-refractivity contribution in [3.63, 3.8) is 0 Å². The first-order valence-corrected chi connectivity index (χ1v) is 5.42. The summed E-state index contributed by atoms with van der Waals surface area (Å²) in [6, 6.07) is 0. The molecule has 0 nitrogen and oxygen atoms in total. The van der Waals surface area contributed by atoms with E-state index < -0.39 is 0 Å². The molecule has 0 heterocycles. The summed E-state index contributed by atoms with van der Waals surface area (Å²) in [7, 11) is 0. The van der Waals surface area contributed by atoms with E-state index in [-0.39, 0.29) is 25.8 Å². The van der Waals surface area contributed by atoms with Crippen LogP contribution in [-0.2, 0) is 25.8 Å². The van der Waals surface area contributed by atoms with Crippen LogP contribution in [0.25, 0.3) is 0 Å². The molecule has 1 aliphatic rings. The smallest absolute Gasteiger partial charge is 0.0209 e. The van der Waals surface area contributed by atoms with E-state index in [1.54, 1.807) is 6.08 Å². The van der Waals surface area contributed by atoms with Crippen LogP contribution in [0.5, 0.6) is 0 Å². The Kier molecular flexibility index (Phi) is 27.5. The maximum atomic E-state index is 3.43. The molecule has 0 amide bonds. The molecule has 0 atom stereocenters. The molecule has 0 unspecified atom stereocenters. The molecule has 80 valence electrons. The van der Waals surface area contributed by atoms with Crippen molar-refractivity contribution >= 4 is 15.9 Å². The normalized spacial score (nSPS) is 10.6. The van der Waals surface area contributed by atoms with E-state index in [2.05, 4.69) is 55.4 Å². The molecule has 0 saturated carbocycles. The van der Waals surface area contributed by atoms with Gasteiger partial charge in [-0.3, -0.25) is 6.08 Å². The van der Waals surface area contributed by atoms with E-state index in [1.165, 1.54) is 5.92 Å². The van der Waals surface area contributed by atoms with Crippen molar-refractivity contribution in [2.45, 2.75) is 27.2 Å². The predicted octanol–water partition coefficient (Wildman–Crippen LogP) is 4.49. The molecule has 0 bridgehead atoms. The standard InChI is InChI=1S/C5H5.C4H9.C3H5Br.Hf/c1-2-4-5-3-1;1-4(2)3;1-2-3-4;/h1-3H,4H2;1-3H3;2H,1,3H2;/q2*-1;;. The van der Waals surface area contributed by atoms with Gasteiger partial charge >= 0.3 is 0 Å². The SMILES string of the molecule is C=CCBr.C[C-](C)C.[C-]1=CC=CC1.[Hf]. The summed E-state index contributed by atoms with van der Waals surface area (Å²) in [5, 5.41) is 0.896. The van der Waals surface area contributed by atoms with Crippen molar-refractivity contribution in [3.05, 3.63) is 42.9 Å². The Bertz CT molecular complexity index is 136. The Morgan fingerprint density at radius 2 is 1.93 bits per heavy atom. The second kappa shape index (κ2) is 19.2. The van der Waals surface area contributed by atoms with Gasteiger partial charge in [0.15, 0.2) is 0 Å². The van der Waals surface area contributed by atoms with E-state index in [1.807, 2.05) is 12.2 Å². The number of hydrogen-bond donors (Lipinski definition) is 0. The Morgan fingerprint density at radius 3 is 2.00 bits per heavy atom. The van der Waals surface area contributed by atoms with Crippen molar-refractivity contribution in [1.82, 2.24) is 0 Å². The van der Waals surface area contributed by atoms with Crippen LogP contribution in [0.2, 0.25) is 0 Å². The first kappa shape index (κ1) is 20.0. The quantitative estimate of drug-likeness (QED) is 0.253. The van der Waals surface area contributed by atoms with Crippen molar-refractivity contribution < 1.29 is 25.8 Å². The summed E-state index contributed by atoms with van der Waals surface area (Å²) >= 11 is 3.13. The molecule has 14 heavy (non-hydrogen) atoms. The number of halogens is 1. The van der Waals surface area contributed by atoms with Gasteiger partial charge in [-0.05, 0) is 0 Å². The van der Waals surface area contributed by atoms with Gasteiger partial charge < -0.3 is 5.92 Å². The van der Waals surface area contributed by atoms with Crippen molar-refractivity contribution in [3.8, 4) is 0 Å². The largest absolute Gasteiger partial charge is 0.323 e. The van der Waals surface area contributed by atoms with Crippen LogP contribution in [-0.4, -0.2) is 5.33 Å². The van der Waals surface area contributed by atoms with E-state index in [4.69, 9.17) is 0 Å². The maximum Gasteiger partial charge on any atom is 0.0209 e. The van der Waals surface area contributed by atoms with E-state index in [0.717, 1.165) is 11.8 Å². The minimum atomic E-state index is 0. The monoisotopic (exact) mass is 422 g/mol. The van der Waals surface area contributed by atoms with Gasteiger partial charge in [0, 0.05) is 31.2 Å². The summed E-state index contributed by atoms with van der Waals surface area (Å²) in [4.78, 5) is 0. The fourth-order valence-electron chi connectivity index (χ4n) is 0.340. The summed E-state index contributed by atoms with van der Waals surface area (Å²) in [5.41, 5.74) is 0. The van der Waals surface area contributed by atoms with Crippen molar-refractivity contribution in [2.24, 2.45) is 0 Å². The van der Waals surface area contributed by atoms with Crippen LogP contribution in [0.1, 0.15) is 27.2 Å². The number of alkyl halides is 1. The molecule has 0 aromatic carbocycles. The molecule has 1 aliphatic carbocycles. The fraction of sp³-hybridized carbons (Fsp3) is 0.417. The van der Waals surface area contributed by atoms with Gasteiger partial charge in [-0.25, -0.2) is 12.2 Å². The molecular weight excluding hydrogens is 403 g/mol. The van der Waals surface area contributed by atoms with Crippen molar-refractivity contribution in [1.29, 1.82) is 0 Å². The van der Waals surface area contributed by atoms with E-state index in [9.17, 15) is 0 Å². The molecule has 0 radical (unpaired) electrons. The Morgan fingerprint density at radius 1 is 1.50 bits per heavy atom. The van der Waals surface area contributed by atoms with Crippen LogP contribution in [0.15, 0.2) is 30.9 Å². The molecule has 2 heteroatoms. The third-order valence-electron chi connectivity index (χ3n) is 0.695. The van der Waals surface area contributed by atoms with Gasteiger partial charge in [0.25, 0.3) is 0 Å². The number of rotatable bonds is 1. The first-order chi connectivity index (χ1) is 6.15. The topological polar surface area (TPSA) is 0 Å². The number of allylic oxidation sites excluding steroid dienone is 5. The van der Waals surface area contributed by atoms with Gasteiger partial charge in [0.1, 0.15) is 0 Å². The molecule has 0 aromatic rings. The van der Waals surface area contributed by atoms with Gasteiger partial charge in [0.2, 0.25) is 0 Å². The van der Waals surface area contributed by atoms with Crippen LogP contribution in [0.3, 0.4) is 0 Å². The Labute approximate surface area is 116 Å². The van der Waals surface area contributed by atoms with Gasteiger partial charge in [-0.2, -0.15) is 26.8 Å². The number of hydrogen-bond acceptors (Lipinski definition) is 0. The van der Waals surface area contributed by atoms with Gasteiger partial charge in [-0.15, -0.1) is 13.0 Å². The molecule has 0 spiro atoms. The molecular formula is C12H19BrHf-2. The maximum absolute atomic E-state index is 3.43. The van der Waals surface area contributed by atoms with Gasteiger partial charge in [-0.1, -0.05) is 22.0 Å². The third-order valence-corrected chi connectivity index (χ3v) is 1.15. The second-order valence-electron chi connectivity index (χ2n) is 2.95. The van der Waals surface area contributed by atoms with E-state index >= 15 is 0 Å². The Balaban J connectivity index is -0.000000127. The Hall–Kier alpha value is 0.570. The van der Waals surface area contributed by atoms with E-state index in [0.29, 0.717) is 0 Å². The molecule has 0 aromatic heterocycles. The molecule has 0 fully saturated rings. The predicted molar refractivity (Wildman–Crippen MR) is 65.8 cm³/mol. The zero-order chi connectivity index (χ0) is 10.5. The average Bonchev–Trinajstić information content (AvgIpc) is 2.59. The molecule has 0 saturated heterocycles. The van der Waals surface area contributed by atoms with Gasteiger partial charge in [0.05, 0.1) is 0 Å². The second-order valence-corrected chi connectivity index (χ2v) is 3.59. The first-order valence-electron chi connectivity index (χ1n) is 4.30. The van der Waals surface area contributed by atoms with Crippen molar-refractivity contribution in [2.75, 3.05) is 5.33 Å².